The number of carbonyl (C=O) groups excluding carboxylic acids is 1. The van der Waals surface area contributed by atoms with Gasteiger partial charge in [-0.25, -0.2) is 9.78 Å². The number of aryl methyl sites for hydroxylation is 1. The molecular weight excluding hydrogens is 322 g/mol. The molecule has 2 heterocycles. The number of nitro groups is 1. The fourth-order valence-electron chi connectivity index (χ4n) is 3.17. The molecule has 1 aliphatic heterocycles. The molecule has 8 heteroatoms. The minimum absolute atomic E-state index is 0.00561. The van der Waals surface area contributed by atoms with Crippen LogP contribution in [0.2, 0.25) is 0 Å². The summed E-state index contributed by atoms with van der Waals surface area (Å²) in [5.74, 6) is 0. The molecule has 2 amide bonds. The smallest absolute Gasteiger partial charge is 0.319 e. The molecule has 1 aromatic heterocycles. The van der Waals surface area contributed by atoms with Gasteiger partial charge >= 0.3 is 6.03 Å². The molecular formula is C17H21N5O3. The van der Waals surface area contributed by atoms with Crippen LogP contribution < -0.4 is 4.90 Å². The molecule has 3 rings (SSSR count). The van der Waals surface area contributed by atoms with Gasteiger partial charge in [0.05, 0.1) is 4.92 Å². The van der Waals surface area contributed by atoms with Gasteiger partial charge in [0.1, 0.15) is 0 Å². The summed E-state index contributed by atoms with van der Waals surface area (Å²) in [4.78, 5) is 32.9. The van der Waals surface area contributed by atoms with Crippen molar-refractivity contribution >= 4 is 28.3 Å². The molecule has 0 atom stereocenters. The number of nitro benzene ring substituents is 1. The average Bonchev–Trinajstić information content (AvgIpc) is 2.59. The number of anilines is 1. The Bertz CT molecular complexity index is 828. The molecule has 1 fully saturated rings. The van der Waals surface area contributed by atoms with E-state index in [9.17, 15) is 14.9 Å². The minimum atomic E-state index is -0.397. The number of hydrogen-bond donors (Lipinski definition) is 0. The lowest BCUT2D eigenvalue weighted by Crippen LogP contribution is -2.51. The lowest BCUT2D eigenvalue weighted by molar-refractivity contribution is -0.383. The van der Waals surface area contributed by atoms with Gasteiger partial charge in [-0.1, -0.05) is 12.1 Å². The van der Waals surface area contributed by atoms with E-state index >= 15 is 0 Å². The van der Waals surface area contributed by atoms with Crippen LogP contribution >= 0.6 is 0 Å². The third-order valence-electron chi connectivity index (χ3n) is 4.39. The molecule has 0 radical (unpaired) electrons. The summed E-state index contributed by atoms with van der Waals surface area (Å²) in [5, 5.41) is 12.1. The van der Waals surface area contributed by atoms with E-state index in [1.165, 1.54) is 6.07 Å². The Kier molecular flexibility index (Phi) is 4.43. The number of pyridine rings is 1. The SMILES string of the molecule is Cc1cc(N2CCN(C(=O)N(C)C)CC2)c2cccc([N+](=O)[O-])c2n1. The van der Waals surface area contributed by atoms with E-state index in [2.05, 4.69) is 9.88 Å². The molecule has 1 aliphatic rings. The van der Waals surface area contributed by atoms with Crippen molar-refractivity contribution in [1.82, 2.24) is 14.8 Å². The Morgan fingerprint density at radius 2 is 1.92 bits per heavy atom. The zero-order valence-electron chi connectivity index (χ0n) is 14.6. The first-order chi connectivity index (χ1) is 11.9. The minimum Gasteiger partial charge on any atom is -0.367 e. The zero-order chi connectivity index (χ0) is 18.1. The summed E-state index contributed by atoms with van der Waals surface area (Å²) >= 11 is 0. The number of rotatable bonds is 2. The Balaban J connectivity index is 1.94. The number of amides is 2. The number of hydrogen-bond acceptors (Lipinski definition) is 5. The van der Waals surface area contributed by atoms with Crippen LogP contribution in [0.3, 0.4) is 0 Å². The first-order valence-corrected chi connectivity index (χ1v) is 8.14. The summed E-state index contributed by atoms with van der Waals surface area (Å²) in [6.07, 6.45) is 0. The number of piperazine rings is 1. The third-order valence-corrected chi connectivity index (χ3v) is 4.39. The molecule has 0 unspecified atom stereocenters. The number of non-ortho nitro benzene ring substituents is 1. The third kappa shape index (κ3) is 3.19. The highest BCUT2D eigenvalue weighted by atomic mass is 16.6. The van der Waals surface area contributed by atoms with E-state index in [0.29, 0.717) is 31.7 Å². The van der Waals surface area contributed by atoms with Crippen molar-refractivity contribution in [3.05, 3.63) is 40.1 Å². The second kappa shape index (κ2) is 6.54. The number of nitrogens with zero attached hydrogens (tertiary/aromatic N) is 5. The number of benzene rings is 1. The lowest BCUT2D eigenvalue weighted by atomic mass is 10.1. The summed E-state index contributed by atoms with van der Waals surface area (Å²) < 4.78 is 0. The maximum absolute atomic E-state index is 12.1. The average molecular weight is 343 g/mol. The van der Waals surface area contributed by atoms with Crippen molar-refractivity contribution in [3.8, 4) is 0 Å². The second-order valence-electron chi connectivity index (χ2n) is 6.36. The Hall–Kier alpha value is -2.90. The van der Waals surface area contributed by atoms with E-state index in [0.717, 1.165) is 16.8 Å². The number of aromatic nitrogens is 1. The van der Waals surface area contributed by atoms with Crippen molar-refractivity contribution in [1.29, 1.82) is 0 Å². The van der Waals surface area contributed by atoms with Gasteiger partial charge in [-0.2, -0.15) is 0 Å². The Labute approximate surface area is 145 Å². The van der Waals surface area contributed by atoms with Crippen LogP contribution in [0.25, 0.3) is 10.9 Å². The molecule has 1 aromatic carbocycles. The highest BCUT2D eigenvalue weighted by Gasteiger charge is 2.24. The monoisotopic (exact) mass is 343 g/mol. The molecule has 0 aliphatic carbocycles. The van der Waals surface area contributed by atoms with Crippen LogP contribution in [0.15, 0.2) is 24.3 Å². The van der Waals surface area contributed by atoms with Crippen LogP contribution in [0, 0.1) is 17.0 Å². The normalized spacial score (nSPS) is 14.7. The fourth-order valence-corrected chi connectivity index (χ4v) is 3.17. The molecule has 25 heavy (non-hydrogen) atoms. The van der Waals surface area contributed by atoms with Crippen LogP contribution in [0.5, 0.6) is 0 Å². The van der Waals surface area contributed by atoms with Gasteiger partial charge in [-0.15, -0.1) is 0 Å². The summed E-state index contributed by atoms with van der Waals surface area (Å²) in [7, 11) is 3.49. The topological polar surface area (TPSA) is 82.8 Å². The molecule has 0 spiro atoms. The summed E-state index contributed by atoms with van der Waals surface area (Å²) in [6.45, 7) is 4.44. The quantitative estimate of drug-likeness (QED) is 0.617. The Morgan fingerprint density at radius 1 is 1.24 bits per heavy atom. The molecule has 2 aromatic rings. The number of fused-ring (bicyclic) bond motifs is 1. The van der Waals surface area contributed by atoms with Gasteiger partial charge in [-0.05, 0) is 13.0 Å². The van der Waals surface area contributed by atoms with Gasteiger partial charge in [0, 0.05) is 63.1 Å². The van der Waals surface area contributed by atoms with Gasteiger partial charge < -0.3 is 14.7 Å². The molecule has 8 nitrogen and oxygen atoms in total. The molecule has 0 N–H and O–H groups in total. The van der Waals surface area contributed by atoms with Gasteiger partial charge in [0.2, 0.25) is 0 Å². The molecule has 1 saturated heterocycles. The van der Waals surface area contributed by atoms with Crippen LogP contribution in [-0.4, -0.2) is 66.0 Å². The molecule has 132 valence electrons. The van der Waals surface area contributed by atoms with Gasteiger partial charge in [0.15, 0.2) is 5.52 Å². The van der Waals surface area contributed by atoms with Crippen LogP contribution in [0.4, 0.5) is 16.2 Å². The largest absolute Gasteiger partial charge is 0.367 e. The van der Waals surface area contributed by atoms with E-state index in [-0.39, 0.29) is 11.7 Å². The number of para-hydroxylation sites is 1. The zero-order valence-corrected chi connectivity index (χ0v) is 14.6. The van der Waals surface area contributed by atoms with Crippen molar-refractivity contribution in [2.75, 3.05) is 45.2 Å². The highest BCUT2D eigenvalue weighted by molar-refractivity contribution is 5.97. The standard InChI is InChI=1S/C17H21N5O3/c1-12-11-15(13-5-4-6-14(22(24)25)16(13)18-12)20-7-9-21(10-8-20)17(23)19(2)3/h4-6,11H,7-10H2,1-3H3. The first kappa shape index (κ1) is 16.9. The fraction of sp³-hybridized carbons (Fsp3) is 0.412. The van der Waals surface area contributed by atoms with Gasteiger partial charge in [0.25, 0.3) is 5.69 Å². The number of urea groups is 1. The lowest BCUT2D eigenvalue weighted by Gasteiger charge is -2.37. The van der Waals surface area contributed by atoms with Crippen LogP contribution in [0.1, 0.15) is 5.69 Å². The first-order valence-electron chi connectivity index (χ1n) is 8.14. The van der Waals surface area contributed by atoms with Gasteiger partial charge in [-0.3, -0.25) is 10.1 Å². The molecule has 0 saturated carbocycles. The predicted molar refractivity (Wildman–Crippen MR) is 96.0 cm³/mol. The van der Waals surface area contributed by atoms with Crippen molar-refractivity contribution in [2.45, 2.75) is 6.92 Å². The molecule has 0 bridgehead atoms. The second-order valence-corrected chi connectivity index (χ2v) is 6.36. The highest BCUT2D eigenvalue weighted by Crippen LogP contribution is 2.32. The maximum atomic E-state index is 12.1. The Morgan fingerprint density at radius 3 is 2.52 bits per heavy atom. The van der Waals surface area contributed by atoms with E-state index < -0.39 is 4.92 Å². The predicted octanol–water partition coefficient (Wildman–Crippen LogP) is 2.26. The van der Waals surface area contributed by atoms with E-state index in [1.807, 2.05) is 24.0 Å². The van der Waals surface area contributed by atoms with Crippen molar-refractivity contribution < 1.29 is 9.72 Å². The van der Waals surface area contributed by atoms with E-state index in [4.69, 9.17) is 0 Å². The maximum Gasteiger partial charge on any atom is 0.319 e. The number of carbonyl (C=O) groups is 1. The van der Waals surface area contributed by atoms with E-state index in [1.54, 1.807) is 25.1 Å². The van der Waals surface area contributed by atoms with Crippen LogP contribution in [-0.2, 0) is 0 Å². The van der Waals surface area contributed by atoms with Crippen molar-refractivity contribution in [3.63, 3.8) is 0 Å². The summed E-state index contributed by atoms with van der Waals surface area (Å²) in [6, 6.07) is 6.99. The summed E-state index contributed by atoms with van der Waals surface area (Å²) in [5.41, 5.74) is 2.10. The van der Waals surface area contributed by atoms with Crippen molar-refractivity contribution in [2.24, 2.45) is 0 Å².